The summed E-state index contributed by atoms with van der Waals surface area (Å²) in [6.07, 6.45) is 1.59. The number of halogens is 1. The number of carbonyl (C=O) groups is 1. The fraction of sp³-hybridized carbons (Fsp3) is 0.100. The minimum atomic E-state index is -0.119. The molecule has 0 radical (unpaired) electrons. The minimum absolute atomic E-state index is 0.0533. The van der Waals surface area contributed by atoms with Crippen LogP contribution in [0.2, 0.25) is 5.15 Å². The van der Waals surface area contributed by atoms with E-state index in [0.717, 1.165) is 11.1 Å². The Morgan fingerprint density at radius 3 is 2.12 bits per heavy atom. The molecule has 3 aromatic rings. The molecule has 0 unspecified atom stereocenters. The molecule has 1 heterocycles. The van der Waals surface area contributed by atoms with E-state index in [-0.39, 0.29) is 18.5 Å². The molecule has 25 heavy (non-hydrogen) atoms. The third-order valence-corrected chi connectivity index (χ3v) is 4.19. The van der Waals surface area contributed by atoms with Gasteiger partial charge >= 0.3 is 0 Å². The molecule has 3 rings (SSSR count). The molecule has 2 aromatic carbocycles. The minimum Gasteiger partial charge on any atom is -0.328 e. The quantitative estimate of drug-likeness (QED) is 0.670. The lowest BCUT2D eigenvalue weighted by Crippen LogP contribution is -2.87. The lowest BCUT2D eigenvalue weighted by Gasteiger charge is -2.16. The maximum Gasteiger partial charge on any atom is 0.279 e. The highest BCUT2D eigenvalue weighted by molar-refractivity contribution is 6.32. The van der Waals surface area contributed by atoms with Gasteiger partial charge in [-0.15, -0.1) is 0 Å². The number of benzene rings is 2. The normalized spacial score (nSPS) is 10.6. The molecule has 0 saturated heterocycles. The summed E-state index contributed by atoms with van der Waals surface area (Å²) in [5.41, 5.74) is 2.83. The highest BCUT2D eigenvalue weighted by Crippen LogP contribution is 2.18. The maximum absolute atomic E-state index is 12.3. The molecule has 0 fully saturated rings. The molecular formula is C20H19ClN3O+. The van der Waals surface area contributed by atoms with Gasteiger partial charge in [0.25, 0.3) is 5.91 Å². The van der Waals surface area contributed by atoms with E-state index in [9.17, 15) is 4.79 Å². The van der Waals surface area contributed by atoms with E-state index in [4.69, 9.17) is 11.6 Å². The lowest BCUT2D eigenvalue weighted by atomic mass is 9.99. The molecule has 0 aliphatic rings. The van der Waals surface area contributed by atoms with Crippen LogP contribution in [-0.4, -0.2) is 17.4 Å². The average molecular weight is 353 g/mol. The summed E-state index contributed by atoms with van der Waals surface area (Å²) in [4.78, 5) is 16.3. The summed E-state index contributed by atoms with van der Waals surface area (Å²) >= 11 is 5.99. The van der Waals surface area contributed by atoms with Gasteiger partial charge in [0.2, 0.25) is 0 Å². The van der Waals surface area contributed by atoms with Crippen molar-refractivity contribution in [2.24, 2.45) is 0 Å². The molecule has 4 nitrogen and oxygen atoms in total. The van der Waals surface area contributed by atoms with Crippen molar-refractivity contribution in [3.8, 4) is 0 Å². The SMILES string of the molecule is O=C(C[NH2+]C(c1ccccc1)c1ccccc1)Nc1cccnc1Cl. The number of nitrogens with two attached hydrogens (primary N) is 1. The number of carbonyl (C=O) groups excluding carboxylic acids is 1. The summed E-state index contributed by atoms with van der Waals surface area (Å²) in [7, 11) is 0. The molecule has 0 atom stereocenters. The van der Waals surface area contributed by atoms with Crippen LogP contribution in [0.5, 0.6) is 0 Å². The summed E-state index contributed by atoms with van der Waals surface area (Å²) in [5, 5.41) is 5.11. The van der Waals surface area contributed by atoms with Crippen molar-refractivity contribution in [2.75, 3.05) is 11.9 Å². The van der Waals surface area contributed by atoms with E-state index in [1.54, 1.807) is 18.3 Å². The Kier molecular flexibility index (Phi) is 5.77. The Bertz CT molecular complexity index is 785. The number of hydrogen-bond donors (Lipinski definition) is 2. The Morgan fingerprint density at radius 1 is 0.960 bits per heavy atom. The number of pyridine rings is 1. The highest BCUT2D eigenvalue weighted by Gasteiger charge is 2.19. The topological polar surface area (TPSA) is 58.6 Å². The maximum atomic E-state index is 12.3. The first-order valence-corrected chi connectivity index (χ1v) is 8.45. The second-order valence-corrected chi connectivity index (χ2v) is 5.99. The number of aromatic nitrogens is 1. The Hall–Kier alpha value is -2.69. The third-order valence-electron chi connectivity index (χ3n) is 3.89. The number of nitrogens with one attached hydrogen (secondary N) is 1. The van der Waals surface area contributed by atoms with Gasteiger partial charge in [-0.25, -0.2) is 4.98 Å². The van der Waals surface area contributed by atoms with Crippen LogP contribution in [0.1, 0.15) is 17.2 Å². The Balaban J connectivity index is 1.71. The number of nitrogens with zero attached hydrogens (tertiary/aromatic N) is 1. The highest BCUT2D eigenvalue weighted by atomic mass is 35.5. The Morgan fingerprint density at radius 2 is 1.56 bits per heavy atom. The number of anilines is 1. The van der Waals surface area contributed by atoms with Crippen molar-refractivity contribution in [2.45, 2.75) is 6.04 Å². The van der Waals surface area contributed by atoms with Gasteiger partial charge in [-0.3, -0.25) is 4.79 Å². The predicted molar refractivity (Wildman–Crippen MR) is 99.4 cm³/mol. The van der Waals surface area contributed by atoms with Gasteiger partial charge < -0.3 is 10.6 Å². The fourth-order valence-electron chi connectivity index (χ4n) is 2.69. The Labute approximate surface area is 151 Å². The molecule has 0 aliphatic carbocycles. The van der Waals surface area contributed by atoms with Crippen LogP contribution < -0.4 is 10.6 Å². The van der Waals surface area contributed by atoms with Crippen molar-refractivity contribution < 1.29 is 10.1 Å². The van der Waals surface area contributed by atoms with Crippen LogP contribution in [0, 0.1) is 0 Å². The molecule has 1 amide bonds. The number of rotatable bonds is 6. The zero-order valence-electron chi connectivity index (χ0n) is 13.6. The largest absolute Gasteiger partial charge is 0.328 e. The zero-order valence-corrected chi connectivity index (χ0v) is 14.4. The van der Waals surface area contributed by atoms with Gasteiger partial charge in [0, 0.05) is 17.3 Å². The standard InChI is InChI=1S/C20H18ClN3O/c21-20-17(12-7-13-22-20)24-18(25)14-23-19(15-8-3-1-4-9-15)16-10-5-2-6-11-16/h1-13,19,23H,14H2,(H,24,25)/p+1. The molecule has 126 valence electrons. The molecule has 0 aliphatic heterocycles. The van der Waals surface area contributed by atoms with Gasteiger partial charge in [0.15, 0.2) is 11.7 Å². The molecule has 0 spiro atoms. The van der Waals surface area contributed by atoms with E-state index >= 15 is 0 Å². The smallest absolute Gasteiger partial charge is 0.279 e. The van der Waals surface area contributed by atoms with Crippen LogP contribution >= 0.6 is 11.6 Å². The van der Waals surface area contributed by atoms with Crippen LogP contribution in [0.3, 0.4) is 0 Å². The van der Waals surface area contributed by atoms with E-state index in [0.29, 0.717) is 10.8 Å². The van der Waals surface area contributed by atoms with Gasteiger partial charge in [0.1, 0.15) is 6.04 Å². The molecule has 3 N–H and O–H groups in total. The van der Waals surface area contributed by atoms with E-state index in [1.165, 1.54) is 0 Å². The zero-order chi connectivity index (χ0) is 17.5. The second kappa shape index (κ2) is 8.42. The van der Waals surface area contributed by atoms with Crippen molar-refractivity contribution >= 4 is 23.2 Å². The predicted octanol–water partition coefficient (Wildman–Crippen LogP) is 3.03. The number of hydrogen-bond acceptors (Lipinski definition) is 2. The van der Waals surface area contributed by atoms with Crippen molar-refractivity contribution in [3.63, 3.8) is 0 Å². The van der Waals surface area contributed by atoms with Gasteiger partial charge in [0.05, 0.1) is 5.69 Å². The molecule has 1 aromatic heterocycles. The monoisotopic (exact) mass is 352 g/mol. The lowest BCUT2D eigenvalue weighted by molar-refractivity contribution is -0.676. The summed E-state index contributed by atoms with van der Waals surface area (Å²) in [6.45, 7) is 0.277. The van der Waals surface area contributed by atoms with Crippen LogP contribution in [0.4, 0.5) is 5.69 Å². The summed E-state index contributed by atoms with van der Waals surface area (Å²) in [5.74, 6) is -0.119. The van der Waals surface area contributed by atoms with Gasteiger partial charge in [-0.2, -0.15) is 0 Å². The van der Waals surface area contributed by atoms with Crippen molar-refractivity contribution in [1.29, 1.82) is 0 Å². The van der Waals surface area contributed by atoms with E-state index in [1.807, 2.05) is 41.7 Å². The van der Waals surface area contributed by atoms with Crippen LogP contribution in [0.15, 0.2) is 79.0 Å². The van der Waals surface area contributed by atoms with Crippen molar-refractivity contribution in [1.82, 2.24) is 4.98 Å². The van der Waals surface area contributed by atoms with E-state index in [2.05, 4.69) is 34.6 Å². The average Bonchev–Trinajstić information content (AvgIpc) is 2.66. The second-order valence-electron chi connectivity index (χ2n) is 5.63. The van der Waals surface area contributed by atoms with Crippen molar-refractivity contribution in [3.05, 3.63) is 95.3 Å². The molecule has 0 saturated carbocycles. The molecular weight excluding hydrogens is 334 g/mol. The third kappa shape index (κ3) is 4.66. The van der Waals surface area contributed by atoms with Crippen LogP contribution in [0.25, 0.3) is 0 Å². The van der Waals surface area contributed by atoms with E-state index < -0.39 is 0 Å². The first-order valence-electron chi connectivity index (χ1n) is 8.07. The summed E-state index contributed by atoms with van der Waals surface area (Å²) < 4.78 is 0. The number of amides is 1. The molecule has 0 bridgehead atoms. The van der Waals surface area contributed by atoms with Crippen LogP contribution in [-0.2, 0) is 4.79 Å². The molecule has 5 heteroatoms. The summed E-state index contributed by atoms with van der Waals surface area (Å²) in [6, 6.07) is 23.8. The first kappa shape index (κ1) is 17.1. The number of quaternary nitrogens is 1. The first-order chi connectivity index (χ1) is 12.2. The van der Waals surface area contributed by atoms with Gasteiger partial charge in [-0.05, 0) is 12.1 Å². The fourth-order valence-corrected chi connectivity index (χ4v) is 2.86. The van der Waals surface area contributed by atoms with Gasteiger partial charge in [-0.1, -0.05) is 72.3 Å².